The van der Waals surface area contributed by atoms with Gasteiger partial charge in [0, 0.05) is 12.0 Å². The van der Waals surface area contributed by atoms with E-state index in [0.29, 0.717) is 25.3 Å². The number of aliphatic hydroxyl groups is 1. The lowest BCUT2D eigenvalue weighted by Crippen LogP contribution is -2.39. The summed E-state index contributed by atoms with van der Waals surface area (Å²) in [6.07, 6.45) is 4.08. The van der Waals surface area contributed by atoms with Gasteiger partial charge in [-0.05, 0) is 31.6 Å². The Labute approximate surface area is 113 Å². The molecule has 5 heteroatoms. The number of rotatable bonds is 6. The first kappa shape index (κ1) is 14.3. The van der Waals surface area contributed by atoms with E-state index in [2.05, 4.69) is 5.32 Å². The highest BCUT2D eigenvalue weighted by atomic mass is 16.4. The first-order chi connectivity index (χ1) is 9.01. The summed E-state index contributed by atoms with van der Waals surface area (Å²) in [5, 5.41) is 21.3. The summed E-state index contributed by atoms with van der Waals surface area (Å²) in [5.74, 6) is -1.63. The normalized spacial score (nSPS) is 32.0. The number of hydrogen-bond acceptors (Lipinski definition) is 3. The molecule has 108 valence electrons. The van der Waals surface area contributed by atoms with Crippen molar-refractivity contribution in [3.05, 3.63) is 0 Å². The third-order valence-electron chi connectivity index (χ3n) is 4.82. The molecule has 3 N–H and O–H groups in total. The van der Waals surface area contributed by atoms with E-state index in [9.17, 15) is 19.8 Å². The van der Waals surface area contributed by atoms with Gasteiger partial charge in [0.05, 0.1) is 18.4 Å². The smallest absolute Gasteiger partial charge is 0.307 e. The molecule has 0 aromatic carbocycles. The van der Waals surface area contributed by atoms with Gasteiger partial charge in [-0.1, -0.05) is 13.3 Å². The van der Waals surface area contributed by atoms with E-state index in [0.717, 1.165) is 19.3 Å². The summed E-state index contributed by atoms with van der Waals surface area (Å²) in [5.41, 5.74) is -0.128. The van der Waals surface area contributed by atoms with Gasteiger partial charge in [-0.25, -0.2) is 0 Å². The van der Waals surface area contributed by atoms with Crippen molar-refractivity contribution in [2.45, 2.75) is 39.0 Å². The largest absolute Gasteiger partial charge is 0.481 e. The van der Waals surface area contributed by atoms with Crippen LogP contribution in [0.3, 0.4) is 0 Å². The maximum atomic E-state index is 12.2. The Morgan fingerprint density at radius 3 is 2.37 bits per heavy atom. The van der Waals surface area contributed by atoms with Crippen LogP contribution < -0.4 is 5.32 Å². The first-order valence-corrected chi connectivity index (χ1v) is 7.12. The molecule has 2 saturated carbocycles. The Kier molecular flexibility index (Phi) is 4.13. The van der Waals surface area contributed by atoms with Gasteiger partial charge in [-0.15, -0.1) is 0 Å². The van der Waals surface area contributed by atoms with Gasteiger partial charge < -0.3 is 15.5 Å². The molecule has 2 fully saturated rings. The maximum Gasteiger partial charge on any atom is 0.307 e. The van der Waals surface area contributed by atoms with Gasteiger partial charge in [0.25, 0.3) is 0 Å². The number of aliphatic carboxylic acids is 1. The summed E-state index contributed by atoms with van der Waals surface area (Å²) >= 11 is 0. The first-order valence-electron chi connectivity index (χ1n) is 7.12. The zero-order chi connectivity index (χ0) is 14.0. The van der Waals surface area contributed by atoms with Crippen molar-refractivity contribution < 1.29 is 19.8 Å². The number of carboxylic acid groups (broad SMARTS) is 1. The molecule has 0 aromatic rings. The molecule has 19 heavy (non-hydrogen) atoms. The third-order valence-corrected chi connectivity index (χ3v) is 4.82. The molecule has 2 rings (SSSR count). The summed E-state index contributed by atoms with van der Waals surface area (Å²) in [6.45, 7) is 2.61. The van der Waals surface area contributed by atoms with E-state index >= 15 is 0 Å². The Bertz CT molecular complexity index is 364. The van der Waals surface area contributed by atoms with E-state index in [1.54, 1.807) is 0 Å². The number of aliphatic hydroxyl groups excluding tert-OH is 1. The molecule has 0 heterocycles. The molecular formula is C14H23NO4. The molecule has 1 unspecified atom stereocenters. The second-order valence-corrected chi connectivity index (χ2v) is 6.17. The molecule has 0 bridgehead atoms. The number of carbonyl (C=O) groups excluding carboxylic acids is 1. The predicted molar refractivity (Wildman–Crippen MR) is 69.4 cm³/mol. The van der Waals surface area contributed by atoms with Crippen LogP contribution in [0.15, 0.2) is 0 Å². The zero-order valence-corrected chi connectivity index (χ0v) is 11.4. The molecular weight excluding hydrogens is 246 g/mol. The van der Waals surface area contributed by atoms with Gasteiger partial charge in [-0.3, -0.25) is 9.59 Å². The molecule has 0 spiro atoms. The van der Waals surface area contributed by atoms with E-state index in [4.69, 9.17) is 0 Å². The number of carboxylic acids is 1. The molecule has 0 aromatic heterocycles. The molecule has 2 aliphatic carbocycles. The molecule has 0 saturated heterocycles. The van der Waals surface area contributed by atoms with Crippen LogP contribution in [0, 0.1) is 23.2 Å². The van der Waals surface area contributed by atoms with Gasteiger partial charge in [0.15, 0.2) is 0 Å². The van der Waals surface area contributed by atoms with Crippen LogP contribution in [0.2, 0.25) is 0 Å². The van der Waals surface area contributed by atoms with Crippen LogP contribution in [0.5, 0.6) is 0 Å². The standard InChI is InChI=1S/C14H23NO4/c1-2-9-5-10(11(6-9)13(18)19)12(17)15-7-14(8-16)3-4-14/h9-11,16H,2-8H2,1H3,(H,15,17)(H,18,19)/t9?,10-,11+/m0/s1. The lowest BCUT2D eigenvalue weighted by Gasteiger charge is -2.18. The highest BCUT2D eigenvalue weighted by Crippen LogP contribution is 2.44. The van der Waals surface area contributed by atoms with E-state index in [-0.39, 0.29) is 17.9 Å². The van der Waals surface area contributed by atoms with Crippen LogP contribution in [-0.4, -0.2) is 35.2 Å². The van der Waals surface area contributed by atoms with Crippen molar-refractivity contribution in [2.75, 3.05) is 13.2 Å². The van der Waals surface area contributed by atoms with Crippen molar-refractivity contribution in [3.63, 3.8) is 0 Å². The number of nitrogens with one attached hydrogen (secondary N) is 1. The average molecular weight is 269 g/mol. The Balaban J connectivity index is 1.91. The van der Waals surface area contributed by atoms with Crippen LogP contribution in [0.1, 0.15) is 39.0 Å². The van der Waals surface area contributed by atoms with Gasteiger partial charge in [0.1, 0.15) is 0 Å². The van der Waals surface area contributed by atoms with Gasteiger partial charge >= 0.3 is 5.97 Å². The van der Waals surface area contributed by atoms with Gasteiger partial charge in [-0.2, -0.15) is 0 Å². The Morgan fingerprint density at radius 1 is 1.26 bits per heavy atom. The topological polar surface area (TPSA) is 86.6 Å². The Morgan fingerprint density at radius 2 is 1.89 bits per heavy atom. The third kappa shape index (κ3) is 3.08. The maximum absolute atomic E-state index is 12.2. The van der Waals surface area contributed by atoms with Crippen molar-refractivity contribution >= 4 is 11.9 Å². The van der Waals surface area contributed by atoms with E-state index in [1.165, 1.54) is 0 Å². The van der Waals surface area contributed by atoms with Crippen LogP contribution in [0.25, 0.3) is 0 Å². The molecule has 1 amide bonds. The minimum Gasteiger partial charge on any atom is -0.481 e. The lowest BCUT2D eigenvalue weighted by atomic mass is 9.95. The quantitative estimate of drug-likeness (QED) is 0.671. The molecule has 3 atom stereocenters. The molecule has 0 aliphatic heterocycles. The number of amides is 1. The second kappa shape index (κ2) is 5.49. The molecule has 5 nitrogen and oxygen atoms in total. The minimum atomic E-state index is -0.862. The highest BCUT2D eigenvalue weighted by Gasteiger charge is 2.45. The molecule has 2 aliphatic rings. The van der Waals surface area contributed by atoms with Crippen molar-refractivity contribution in [1.82, 2.24) is 5.32 Å². The van der Waals surface area contributed by atoms with Crippen molar-refractivity contribution in [3.8, 4) is 0 Å². The second-order valence-electron chi connectivity index (χ2n) is 6.17. The SMILES string of the molecule is CCC1C[C@H](C(=O)NCC2(CO)CC2)[C@H](C(=O)O)C1. The summed E-state index contributed by atoms with van der Waals surface area (Å²) < 4.78 is 0. The fourth-order valence-corrected chi connectivity index (χ4v) is 3.01. The summed E-state index contributed by atoms with van der Waals surface area (Å²) in [7, 11) is 0. The van der Waals surface area contributed by atoms with E-state index in [1.807, 2.05) is 6.92 Å². The van der Waals surface area contributed by atoms with Crippen molar-refractivity contribution in [1.29, 1.82) is 0 Å². The van der Waals surface area contributed by atoms with E-state index < -0.39 is 17.8 Å². The Hall–Kier alpha value is -1.10. The molecule has 0 radical (unpaired) electrons. The van der Waals surface area contributed by atoms with Gasteiger partial charge in [0.2, 0.25) is 5.91 Å². The fourth-order valence-electron chi connectivity index (χ4n) is 3.01. The van der Waals surface area contributed by atoms with Crippen LogP contribution in [0.4, 0.5) is 0 Å². The summed E-state index contributed by atoms with van der Waals surface area (Å²) in [6, 6.07) is 0. The monoisotopic (exact) mass is 269 g/mol. The predicted octanol–water partition coefficient (Wildman–Crippen LogP) is 1.01. The average Bonchev–Trinajstić information content (AvgIpc) is 3.05. The number of carbonyl (C=O) groups is 2. The van der Waals surface area contributed by atoms with Crippen molar-refractivity contribution in [2.24, 2.45) is 23.2 Å². The fraction of sp³-hybridized carbons (Fsp3) is 0.857. The number of hydrogen-bond donors (Lipinski definition) is 3. The highest BCUT2D eigenvalue weighted by molar-refractivity contribution is 5.85. The minimum absolute atomic E-state index is 0.0951. The van der Waals surface area contributed by atoms with Crippen LogP contribution in [-0.2, 0) is 9.59 Å². The zero-order valence-electron chi connectivity index (χ0n) is 11.4. The summed E-state index contributed by atoms with van der Waals surface area (Å²) in [4.78, 5) is 23.4. The lowest BCUT2D eigenvalue weighted by molar-refractivity contribution is -0.146. The van der Waals surface area contributed by atoms with Crippen LogP contribution >= 0.6 is 0 Å².